The predicted octanol–water partition coefficient (Wildman–Crippen LogP) is 3.88. The van der Waals surface area contributed by atoms with Gasteiger partial charge in [-0.3, -0.25) is 19.7 Å². The summed E-state index contributed by atoms with van der Waals surface area (Å²) in [4.78, 5) is 33.5. The molecule has 0 aliphatic carbocycles. The smallest absolute Gasteiger partial charge is 0.382 e. The molecule has 0 aromatic heterocycles. The van der Waals surface area contributed by atoms with Crippen LogP contribution in [0.1, 0.15) is 5.56 Å². The number of nitro groups is 1. The molecule has 0 fully saturated rings. The number of nitro benzene ring substituents is 1. The van der Waals surface area contributed by atoms with Crippen LogP contribution in [0, 0.1) is 10.1 Å². The number of aliphatic hydroxyl groups is 1. The lowest BCUT2D eigenvalue weighted by molar-refractivity contribution is -0.388. The quantitative estimate of drug-likeness (QED) is 0.229. The molecule has 13 heteroatoms. The Hall–Kier alpha value is -2.83. The molecule has 0 saturated carbocycles. The van der Waals surface area contributed by atoms with E-state index in [1.54, 1.807) is 24.3 Å². The van der Waals surface area contributed by atoms with Gasteiger partial charge in [0.05, 0.1) is 4.92 Å². The second-order valence-corrected chi connectivity index (χ2v) is 7.37. The van der Waals surface area contributed by atoms with Crippen LogP contribution in [0.2, 0.25) is 0 Å². The first kappa shape index (κ1) is 24.4. The first-order valence-electron chi connectivity index (χ1n) is 8.44. The lowest BCUT2D eigenvalue weighted by Gasteiger charge is -2.13. The number of benzene rings is 2. The number of hydrogen-bond acceptors (Lipinski definition) is 6. The Morgan fingerprint density at radius 2 is 1.74 bits per heavy atom. The topological polar surface area (TPSA) is 122 Å². The third-order valence-corrected chi connectivity index (χ3v) is 5.07. The van der Waals surface area contributed by atoms with Crippen LogP contribution in [0.15, 0.2) is 47.4 Å². The van der Waals surface area contributed by atoms with Crippen LogP contribution < -0.4 is 10.6 Å². The summed E-state index contributed by atoms with van der Waals surface area (Å²) in [5, 5.41) is 25.4. The molecule has 8 nitrogen and oxygen atoms in total. The number of hydrogen-bond donors (Lipinski definition) is 3. The van der Waals surface area contributed by atoms with Gasteiger partial charge in [0.1, 0.15) is 17.5 Å². The largest absolute Gasteiger partial charge is 0.423 e. The van der Waals surface area contributed by atoms with Crippen molar-refractivity contribution in [3.8, 4) is 0 Å². The highest BCUT2D eigenvalue weighted by Gasteiger charge is 2.38. The molecule has 1 atom stereocenters. The zero-order valence-corrected chi connectivity index (χ0v) is 17.1. The van der Waals surface area contributed by atoms with Crippen LogP contribution in [0.25, 0.3) is 0 Å². The Kier molecular flexibility index (Phi) is 8.25. The van der Waals surface area contributed by atoms with Crippen molar-refractivity contribution in [2.24, 2.45) is 0 Å². The number of thioether (sulfide) groups is 1. The van der Waals surface area contributed by atoms with Crippen molar-refractivity contribution in [2.75, 3.05) is 22.3 Å². The molecule has 2 aromatic carbocycles. The highest BCUT2D eigenvalue weighted by Crippen LogP contribution is 2.37. The zero-order chi connectivity index (χ0) is 23.2. The van der Waals surface area contributed by atoms with Gasteiger partial charge in [-0.15, -0.1) is 23.4 Å². The Morgan fingerprint density at radius 1 is 1.13 bits per heavy atom. The van der Waals surface area contributed by atoms with Crippen LogP contribution in [-0.2, 0) is 15.8 Å². The van der Waals surface area contributed by atoms with E-state index in [1.165, 1.54) is 0 Å². The van der Waals surface area contributed by atoms with E-state index in [4.69, 9.17) is 11.6 Å². The molecule has 0 saturated heterocycles. The summed E-state index contributed by atoms with van der Waals surface area (Å²) < 4.78 is 39.0. The molecule has 0 unspecified atom stereocenters. The lowest BCUT2D eigenvalue weighted by Crippen LogP contribution is -2.29. The molecule has 0 bridgehead atoms. The monoisotopic (exact) mass is 477 g/mol. The number of rotatable bonds is 8. The molecule has 0 aliphatic heterocycles. The molecule has 0 radical (unpaired) electrons. The fraction of sp³-hybridized carbons (Fsp3) is 0.222. The van der Waals surface area contributed by atoms with Crippen molar-refractivity contribution in [3.05, 3.63) is 58.1 Å². The van der Waals surface area contributed by atoms with Crippen LogP contribution in [0.5, 0.6) is 0 Å². The van der Waals surface area contributed by atoms with Crippen molar-refractivity contribution >= 4 is 52.2 Å². The van der Waals surface area contributed by atoms with Crippen LogP contribution in [-0.4, -0.2) is 39.6 Å². The van der Waals surface area contributed by atoms with Gasteiger partial charge in [0.15, 0.2) is 0 Å². The number of halogens is 4. The summed E-state index contributed by atoms with van der Waals surface area (Å²) in [6.45, 7) is 0. The molecule has 0 spiro atoms. The summed E-state index contributed by atoms with van der Waals surface area (Å²) in [5.74, 6) is -1.66. The van der Waals surface area contributed by atoms with Crippen molar-refractivity contribution in [1.29, 1.82) is 0 Å². The van der Waals surface area contributed by atoms with E-state index in [2.05, 4.69) is 10.6 Å². The fourth-order valence-corrected chi connectivity index (χ4v) is 3.20. The Balaban J connectivity index is 1.98. The van der Waals surface area contributed by atoms with E-state index in [0.29, 0.717) is 22.7 Å². The lowest BCUT2D eigenvalue weighted by atomic mass is 10.1. The van der Waals surface area contributed by atoms with Gasteiger partial charge in [-0.05, 0) is 36.4 Å². The second kappa shape index (κ2) is 10.5. The van der Waals surface area contributed by atoms with Crippen molar-refractivity contribution in [3.63, 3.8) is 0 Å². The van der Waals surface area contributed by atoms with Crippen molar-refractivity contribution in [1.82, 2.24) is 0 Å². The average molecular weight is 478 g/mol. The van der Waals surface area contributed by atoms with E-state index in [-0.39, 0.29) is 23.2 Å². The number of nitrogens with zero attached hydrogens (tertiary/aromatic N) is 1. The maximum absolute atomic E-state index is 13.0. The number of alkyl halides is 4. The van der Waals surface area contributed by atoms with Gasteiger partial charge < -0.3 is 15.7 Å². The van der Waals surface area contributed by atoms with E-state index in [1.807, 2.05) is 0 Å². The molecule has 3 N–H and O–H groups in total. The summed E-state index contributed by atoms with van der Waals surface area (Å²) in [5.41, 5.74) is -2.49. The van der Waals surface area contributed by atoms with Gasteiger partial charge >= 0.3 is 6.18 Å². The minimum atomic E-state index is -4.99. The minimum absolute atomic E-state index is 0.113. The van der Waals surface area contributed by atoms with Crippen LogP contribution >= 0.6 is 23.4 Å². The molecule has 31 heavy (non-hydrogen) atoms. The molecular weight excluding hydrogens is 463 g/mol. The Morgan fingerprint density at radius 3 is 2.29 bits per heavy atom. The number of anilines is 2. The molecule has 2 rings (SSSR count). The van der Waals surface area contributed by atoms with Gasteiger partial charge in [-0.2, -0.15) is 13.2 Å². The Labute approximate surface area is 182 Å². The average Bonchev–Trinajstić information content (AvgIpc) is 2.72. The summed E-state index contributed by atoms with van der Waals surface area (Å²) in [6, 6.07) is 8.45. The molecule has 0 heterocycles. The highest BCUT2D eigenvalue weighted by atomic mass is 35.5. The SMILES string of the molecule is O=C(CCl)Nc1ccc(SC[C@H](O)C(=O)Nc2ccc([N+](=O)[O-])c(C(F)(F)F)c2)cc1. The number of nitrogens with one attached hydrogen (secondary N) is 2. The maximum Gasteiger partial charge on any atom is 0.423 e. The van der Waals surface area contributed by atoms with E-state index in [9.17, 15) is 38.0 Å². The third-order valence-electron chi connectivity index (χ3n) is 3.74. The van der Waals surface area contributed by atoms with Gasteiger partial charge in [0.2, 0.25) is 5.91 Å². The molecule has 166 valence electrons. The minimum Gasteiger partial charge on any atom is -0.382 e. The Bertz CT molecular complexity index is 973. The number of carbonyl (C=O) groups is 2. The molecule has 2 aromatic rings. The highest BCUT2D eigenvalue weighted by molar-refractivity contribution is 7.99. The number of amides is 2. The van der Waals surface area contributed by atoms with Gasteiger partial charge in [-0.25, -0.2) is 0 Å². The van der Waals surface area contributed by atoms with Gasteiger partial charge in [-0.1, -0.05) is 0 Å². The predicted molar refractivity (Wildman–Crippen MR) is 109 cm³/mol. The summed E-state index contributed by atoms with van der Waals surface area (Å²) in [7, 11) is 0. The van der Waals surface area contributed by atoms with Gasteiger partial charge in [0, 0.05) is 28.1 Å². The third kappa shape index (κ3) is 7.12. The van der Waals surface area contributed by atoms with Crippen LogP contribution in [0.3, 0.4) is 0 Å². The standard InChI is InChI=1S/C18H15ClF3N3O5S/c19-8-16(27)23-10-1-4-12(5-2-10)31-9-15(26)17(28)24-11-3-6-14(25(29)30)13(7-11)18(20,21)22/h1-7,15,26H,8-9H2,(H,23,27)(H,24,28)/t15-/m0/s1. The van der Waals surface area contributed by atoms with Crippen molar-refractivity contribution in [2.45, 2.75) is 17.2 Å². The molecular formula is C18H15ClF3N3O5S. The van der Waals surface area contributed by atoms with E-state index < -0.39 is 34.4 Å². The number of carbonyl (C=O) groups excluding carboxylic acids is 2. The van der Waals surface area contributed by atoms with Gasteiger partial charge in [0.25, 0.3) is 11.6 Å². The first-order chi connectivity index (χ1) is 14.5. The maximum atomic E-state index is 13.0. The second-order valence-electron chi connectivity index (χ2n) is 6.01. The zero-order valence-electron chi connectivity index (χ0n) is 15.5. The number of aliphatic hydroxyl groups excluding tert-OH is 1. The summed E-state index contributed by atoms with van der Waals surface area (Å²) >= 11 is 6.49. The fourth-order valence-electron chi connectivity index (χ4n) is 2.31. The molecule has 0 aliphatic rings. The van der Waals surface area contributed by atoms with E-state index >= 15 is 0 Å². The molecule has 2 amide bonds. The van der Waals surface area contributed by atoms with Crippen LogP contribution in [0.4, 0.5) is 30.2 Å². The summed E-state index contributed by atoms with van der Waals surface area (Å²) in [6.07, 6.45) is -6.56. The van der Waals surface area contributed by atoms with Crippen molar-refractivity contribution < 1.29 is 32.8 Å². The first-order valence-corrected chi connectivity index (χ1v) is 9.96. The van der Waals surface area contributed by atoms with E-state index in [0.717, 1.165) is 17.8 Å². The normalized spacial score (nSPS) is 12.2.